The number of rotatable bonds is 6. The summed E-state index contributed by atoms with van der Waals surface area (Å²) in [5, 5.41) is 15.9. The van der Waals surface area contributed by atoms with Crippen LogP contribution in [0, 0.1) is 5.82 Å². The first kappa shape index (κ1) is 18.4. The Kier molecular flexibility index (Phi) is 5.41. The summed E-state index contributed by atoms with van der Waals surface area (Å²) in [4.78, 5) is 23.9. The van der Waals surface area contributed by atoms with E-state index in [-0.39, 0.29) is 22.9 Å². The smallest absolute Gasteiger partial charge is 0.330 e. The molecule has 2 aromatic rings. The molecule has 25 heavy (non-hydrogen) atoms. The Labute approximate surface area is 144 Å². The minimum absolute atomic E-state index is 0.00878. The lowest BCUT2D eigenvalue weighted by Crippen LogP contribution is -2.34. The first-order chi connectivity index (χ1) is 11.7. The van der Waals surface area contributed by atoms with Crippen LogP contribution in [0.4, 0.5) is 4.39 Å². The standard InChI is InChI=1S/C17H20FN3O4/c1-9(2)13-8-12(20-21(13)3)16(22)19-15(17(23)24)10-5-6-14(25-4)11(18)7-10/h5-9,15H,1-4H3,(H,19,22)(H,23,24)/t15-/m0/s1. The number of carboxylic acid groups (broad SMARTS) is 1. The van der Waals surface area contributed by atoms with Crippen LogP contribution in [0.2, 0.25) is 0 Å². The van der Waals surface area contributed by atoms with Gasteiger partial charge >= 0.3 is 5.97 Å². The molecule has 0 saturated heterocycles. The molecule has 1 heterocycles. The van der Waals surface area contributed by atoms with Gasteiger partial charge in [0.15, 0.2) is 17.6 Å². The number of carboxylic acids is 1. The van der Waals surface area contributed by atoms with E-state index in [9.17, 15) is 19.1 Å². The van der Waals surface area contributed by atoms with Crippen LogP contribution in [-0.4, -0.2) is 33.9 Å². The Morgan fingerprint density at radius 3 is 2.48 bits per heavy atom. The second-order valence-corrected chi connectivity index (χ2v) is 5.87. The topological polar surface area (TPSA) is 93.5 Å². The Morgan fingerprint density at radius 2 is 2.00 bits per heavy atom. The maximum atomic E-state index is 13.8. The Morgan fingerprint density at radius 1 is 1.32 bits per heavy atom. The van der Waals surface area contributed by atoms with Crippen molar-refractivity contribution in [1.82, 2.24) is 15.1 Å². The van der Waals surface area contributed by atoms with Crippen LogP contribution in [0.15, 0.2) is 24.3 Å². The number of amides is 1. The van der Waals surface area contributed by atoms with Crippen LogP contribution in [0.3, 0.4) is 0 Å². The lowest BCUT2D eigenvalue weighted by atomic mass is 10.1. The summed E-state index contributed by atoms with van der Waals surface area (Å²) >= 11 is 0. The molecule has 8 heteroatoms. The number of halogens is 1. The highest BCUT2D eigenvalue weighted by molar-refractivity contribution is 5.95. The predicted molar refractivity (Wildman–Crippen MR) is 88.1 cm³/mol. The fourth-order valence-electron chi connectivity index (χ4n) is 2.49. The van der Waals surface area contributed by atoms with Gasteiger partial charge in [-0.15, -0.1) is 0 Å². The van der Waals surface area contributed by atoms with Crippen LogP contribution in [0.5, 0.6) is 5.75 Å². The van der Waals surface area contributed by atoms with Crippen LogP contribution < -0.4 is 10.1 Å². The highest BCUT2D eigenvalue weighted by Gasteiger charge is 2.25. The van der Waals surface area contributed by atoms with Gasteiger partial charge in [-0.05, 0) is 29.7 Å². The van der Waals surface area contributed by atoms with E-state index in [4.69, 9.17) is 4.74 Å². The number of benzene rings is 1. The molecule has 0 aliphatic heterocycles. The van der Waals surface area contributed by atoms with Crippen molar-refractivity contribution in [2.45, 2.75) is 25.8 Å². The Balaban J connectivity index is 2.27. The van der Waals surface area contributed by atoms with E-state index in [0.29, 0.717) is 0 Å². The van der Waals surface area contributed by atoms with Crippen molar-refractivity contribution >= 4 is 11.9 Å². The quantitative estimate of drug-likeness (QED) is 0.834. The lowest BCUT2D eigenvalue weighted by Gasteiger charge is -2.15. The maximum absolute atomic E-state index is 13.8. The number of aryl methyl sites for hydroxylation is 1. The number of hydrogen-bond donors (Lipinski definition) is 2. The summed E-state index contributed by atoms with van der Waals surface area (Å²) in [6, 6.07) is 3.92. The van der Waals surface area contributed by atoms with E-state index < -0.39 is 23.7 Å². The number of carbonyl (C=O) groups is 2. The van der Waals surface area contributed by atoms with E-state index in [0.717, 1.165) is 11.8 Å². The average Bonchev–Trinajstić information content (AvgIpc) is 2.94. The van der Waals surface area contributed by atoms with Gasteiger partial charge in [-0.25, -0.2) is 9.18 Å². The molecule has 1 atom stereocenters. The molecule has 7 nitrogen and oxygen atoms in total. The molecule has 0 aliphatic carbocycles. The highest BCUT2D eigenvalue weighted by Crippen LogP contribution is 2.23. The van der Waals surface area contributed by atoms with Crippen molar-refractivity contribution in [1.29, 1.82) is 0 Å². The Bertz CT molecular complexity index is 801. The first-order valence-corrected chi connectivity index (χ1v) is 7.65. The number of methoxy groups -OCH3 is 1. The van der Waals surface area contributed by atoms with Gasteiger partial charge in [0.2, 0.25) is 0 Å². The largest absolute Gasteiger partial charge is 0.494 e. The molecule has 0 unspecified atom stereocenters. The van der Waals surface area contributed by atoms with E-state index in [1.165, 1.54) is 19.2 Å². The minimum Gasteiger partial charge on any atom is -0.494 e. The molecule has 0 fully saturated rings. The third kappa shape index (κ3) is 3.96. The minimum atomic E-state index is -1.41. The van der Waals surface area contributed by atoms with Gasteiger partial charge in [-0.3, -0.25) is 9.48 Å². The summed E-state index contributed by atoms with van der Waals surface area (Å²) in [6.45, 7) is 3.91. The van der Waals surface area contributed by atoms with Crippen LogP contribution in [-0.2, 0) is 11.8 Å². The molecule has 2 N–H and O–H groups in total. The van der Waals surface area contributed by atoms with E-state index >= 15 is 0 Å². The lowest BCUT2D eigenvalue weighted by molar-refractivity contribution is -0.139. The summed E-state index contributed by atoms with van der Waals surface area (Å²) in [5.74, 6) is -2.51. The SMILES string of the molecule is COc1ccc([C@H](NC(=O)c2cc(C(C)C)n(C)n2)C(=O)O)cc1F. The van der Waals surface area contributed by atoms with Gasteiger partial charge in [0.1, 0.15) is 5.69 Å². The van der Waals surface area contributed by atoms with Crippen LogP contribution >= 0.6 is 0 Å². The number of nitrogens with one attached hydrogen (secondary N) is 1. The summed E-state index contributed by atoms with van der Waals surface area (Å²) in [5.41, 5.74) is 1.04. The summed E-state index contributed by atoms with van der Waals surface area (Å²) in [7, 11) is 3.02. The van der Waals surface area contributed by atoms with Gasteiger partial charge in [0.05, 0.1) is 7.11 Å². The molecule has 0 aliphatic rings. The molecule has 0 radical (unpaired) electrons. The zero-order valence-electron chi connectivity index (χ0n) is 14.4. The molecule has 134 valence electrons. The van der Waals surface area contributed by atoms with Crippen molar-refractivity contribution in [2.24, 2.45) is 7.05 Å². The number of hydrogen-bond acceptors (Lipinski definition) is 4. The second-order valence-electron chi connectivity index (χ2n) is 5.87. The number of carbonyl (C=O) groups excluding carboxylic acids is 1. The van der Waals surface area contributed by atoms with Crippen LogP contribution in [0.25, 0.3) is 0 Å². The fraction of sp³-hybridized carbons (Fsp3) is 0.353. The van der Waals surface area contributed by atoms with E-state index in [1.54, 1.807) is 17.8 Å². The van der Waals surface area contributed by atoms with Gasteiger partial charge in [-0.2, -0.15) is 5.10 Å². The molecule has 1 amide bonds. The summed E-state index contributed by atoms with van der Waals surface area (Å²) < 4.78 is 20.2. The molecule has 0 saturated carbocycles. The number of aliphatic carboxylic acids is 1. The van der Waals surface area contributed by atoms with Gasteiger partial charge < -0.3 is 15.2 Å². The van der Waals surface area contributed by atoms with Gasteiger partial charge in [0, 0.05) is 12.7 Å². The molecular weight excluding hydrogens is 329 g/mol. The zero-order valence-corrected chi connectivity index (χ0v) is 14.4. The third-order valence-electron chi connectivity index (χ3n) is 3.77. The average molecular weight is 349 g/mol. The summed E-state index contributed by atoms with van der Waals surface area (Å²) in [6.07, 6.45) is 0. The van der Waals surface area contributed by atoms with Crippen molar-refractivity contribution in [3.8, 4) is 5.75 Å². The second kappa shape index (κ2) is 7.33. The Hall–Kier alpha value is -2.90. The van der Waals surface area contributed by atoms with Crippen molar-refractivity contribution in [3.63, 3.8) is 0 Å². The van der Waals surface area contributed by atoms with Crippen molar-refractivity contribution in [3.05, 3.63) is 47.0 Å². The van der Waals surface area contributed by atoms with Gasteiger partial charge in [0.25, 0.3) is 5.91 Å². The van der Waals surface area contributed by atoms with Crippen LogP contribution in [0.1, 0.15) is 47.6 Å². The fourth-order valence-corrected chi connectivity index (χ4v) is 2.49. The molecule has 0 spiro atoms. The van der Waals surface area contributed by atoms with Crippen molar-refractivity contribution < 1.29 is 23.8 Å². The van der Waals surface area contributed by atoms with E-state index in [2.05, 4.69) is 10.4 Å². The predicted octanol–water partition coefficient (Wildman–Crippen LogP) is 2.25. The number of ether oxygens (including phenoxy) is 1. The van der Waals surface area contributed by atoms with E-state index in [1.807, 2.05) is 13.8 Å². The zero-order chi connectivity index (χ0) is 18.7. The highest BCUT2D eigenvalue weighted by atomic mass is 19.1. The number of aromatic nitrogens is 2. The maximum Gasteiger partial charge on any atom is 0.330 e. The molecule has 1 aromatic carbocycles. The molecule has 1 aromatic heterocycles. The molecular formula is C17H20FN3O4. The van der Waals surface area contributed by atoms with Crippen molar-refractivity contribution in [2.75, 3.05) is 7.11 Å². The molecule has 2 rings (SSSR count). The van der Waals surface area contributed by atoms with Gasteiger partial charge in [-0.1, -0.05) is 19.9 Å². The third-order valence-corrected chi connectivity index (χ3v) is 3.77. The first-order valence-electron chi connectivity index (χ1n) is 7.65. The monoisotopic (exact) mass is 349 g/mol. The molecule has 0 bridgehead atoms. The number of nitrogens with zero attached hydrogens (tertiary/aromatic N) is 2. The normalized spacial score (nSPS) is 12.1.